The van der Waals surface area contributed by atoms with Crippen molar-refractivity contribution in [1.82, 2.24) is 15.6 Å². The van der Waals surface area contributed by atoms with E-state index in [4.69, 9.17) is 0 Å². The molecule has 1 aliphatic rings. The van der Waals surface area contributed by atoms with Crippen LogP contribution in [0.25, 0.3) is 0 Å². The minimum atomic E-state index is -0.700. The van der Waals surface area contributed by atoms with Gasteiger partial charge in [-0.1, -0.05) is 13.3 Å². The van der Waals surface area contributed by atoms with Crippen LogP contribution in [0, 0.1) is 0 Å². The lowest BCUT2D eigenvalue weighted by Gasteiger charge is -2.30. The average Bonchev–Trinajstić information content (AvgIpc) is 3.07. The minimum Gasteiger partial charge on any atom is -0.354 e. The molecule has 0 aromatic carbocycles. The second-order valence-corrected chi connectivity index (χ2v) is 9.08. The molecule has 0 radical (unpaired) electrons. The highest BCUT2D eigenvalue weighted by Gasteiger charge is 2.26. The van der Waals surface area contributed by atoms with Crippen molar-refractivity contribution in [1.29, 1.82) is 0 Å². The third kappa shape index (κ3) is 7.01. The van der Waals surface area contributed by atoms with Crippen LogP contribution in [0.4, 0.5) is 5.13 Å². The van der Waals surface area contributed by atoms with Gasteiger partial charge in [0.25, 0.3) is 0 Å². The summed E-state index contributed by atoms with van der Waals surface area (Å²) in [4.78, 5) is 10.9. The van der Waals surface area contributed by atoms with Crippen molar-refractivity contribution in [3.8, 4) is 0 Å². The molecule has 1 aromatic rings. The van der Waals surface area contributed by atoms with Crippen LogP contribution >= 0.6 is 35.3 Å². The first-order chi connectivity index (χ1) is 11.5. The molecule has 0 saturated heterocycles. The summed E-state index contributed by atoms with van der Waals surface area (Å²) >= 11 is 1.64. The number of nitrogens with zero attached hydrogens (tertiary/aromatic N) is 3. The highest BCUT2D eigenvalue weighted by atomic mass is 127. The Morgan fingerprint density at radius 3 is 2.84 bits per heavy atom. The molecule has 9 heteroatoms. The Hall–Kier alpha value is -0.420. The zero-order valence-corrected chi connectivity index (χ0v) is 19.4. The van der Waals surface area contributed by atoms with Crippen molar-refractivity contribution in [3.63, 3.8) is 0 Å². The summed E-state index contributed by atoms with van der Waals surface area (Å²) in [6.45, 7) is 2.66. The maximum absolute atomic E-state index is 12.1. The van der Waals surface area contributed by atoms with Gasteiger partial charge in [0.15, 0.2) is 11.1 Å². The van der Waals surface area contributed by atoms with Gasteiger partial charge in [0.05, 0.1) is 12.2 Å². The fourth-order valence-electron chi connectivity index (χ4n) is 2.90. The molecule has 0 bridgehead atoms. The van der Waals surface area contributed by atoms with Gasteiger partial charge in [-0.05, 0) is 19.3 Å². The lowest BCUT2D eigenvalue weighted by atomic mass is 9.95. The van der Waals surface area contributed by atoms with Gasteiger partial charge in [0.2, 0.25) is 0 Å². The topological polar surface area (TPSA) is 69.6 Å². The van der Waals surface area contributed by atoms with E-state index in [2.05, 4.69) is 26.0 Å². The fraction of sp³-hybridized carbons (Fsp3) is 0.750. The molecule has 1 aromatic heterocycles. The Labute approximate surface area is 174 Å². The van der Waals surface area contributed by atoms with Gasteiger partial charge < -0.3 is 15.5 Å². The maximum Gasteiger partial charge on any atom is 0.191 e. The van der Waals surface area contributed by atoms with Crippen molar-refractivity contribution < 1.29 is 4.21 Å². The molecule has 1 saturated carbocycles. The maximum atomic E-state index is 12.1. The number of aliphatic imine (C=N–C) groups is 1. The van der Waals surface area contributed by atoms with Gasteiger partial charge in [0, 0.05) is 54.4 Å². The molecule has 1 fully saturated rings. The number of guanidine groups is 1. The average molecular weight is 499 g/mol. The number of thiazole rings is 1. The van der Waals surface area contributed by atoms with Gasteiger partial charge in [-0.2, -0.15) is 0 Å². The summed E-state index contributed by atoms with van der Waals surface area (Å²) in [5.74, 6) is 1.55. The third-order valence-corrected chi connectivity index (χ3v) is 7.00. The van der Waals surface area contributed by atoms with Crippen LogP contribution in [0.1, 0.15) is 38.3 Å². The first kappa shape index (κ1) is 22.6. The predicted octanol–water partition coefficient (Wildman–Crippen LogP) is 2.57. The first-order valence-corrected chi connectivity index (χ1v) is 10.8. The monoisotopic (exact) mass is 499 g/mol. The Morgan fingerprint density at radius 2 is 2.24 bits per heavy atom. The van der Waals surface area contributed by atoms with Gasteiger partial charge in [0.1, 0.15) is 0 Å². The van der Waals surface area contributed by atoms with Gasteiger partial charge >= 0.3 is 0 Å². The highest BCUT2D eigenvalue weighted by molar-refractivity contribution is 14.0. The SMILES string of the molecule is CCS(=O)C1CCCC(NC(=NC)NCc2csc(N(C)C)n2)C1.I. The Balaban J connectivity index is 0.00000312. The number of rotatable bonds is 6. The van der Waals surface area contributed by atoms with Crippen molar-refractivity contribution in [3.05, 3.63) is 11.1 Å². The highest BCUT2D eigenvalue weighted by Crippen LogP contribution is 2.23. The van der Waals surface area contributed by atoms with E-state index in [0.717, 1.165) is 48.2 Å². The van der Waals surface area contributed by atoms with Crippen LogP contribution in [0.2, 0.25) is 0 Å². The minimum absolute atomic E-state index is 0. The molecule has 0 aliphatic heterocycles. The molecule has 1 aliphatic carbocycles. The molecule has 2 rings (SSSR count). The standard InChI is InChI=1S/C16H29N5OS2.HI/c1-5-24(22)14-8-6-7-12(9-14)19-15(17-2)18-10-13-11-23-16(20-13)21(3)4;/h11-12,14H,5-10H2,1-4H3,(H2,17,18,19);1H. The van der Waals surface area contributed by atoms with Crippen molar-refractivity contribution in [2.45, 2.75) is 50.4 Å². The lowest BCUT2D eigenvalue weighted by Crippen LogP contribution is -2.46. The molecule has 144 valence electrons. The largest absolute Gasteiger partial charge is 0.354 e. The van der Waals surface area contributed by atoms with Crippen LogP contribution in [0.3, 0.4) is 0 Å². The summed E-state index contributed by atoms with van der Waals surface area (Å²) in [5.41, 5.74) is 1.01. The number of halogens is 1. The predicted molar refractivity (Wildman–Crippen MR) is 120 cm³/mol. The number of hydrogen-bond acceptors (Lipinski definition) is 5. The van der Waals surface area contributed by atoms with Crippen LogP contribution < -0.4 is 15.5 Å². The number of anilines is 1. The normalized spacial score (nSPS) is 22.0. The summed E-state index contributed by atoms with van der Waals surface area (Å²) in [5, 5.41) is 10.2. The van der Waals surface area contributed by atoms with Crippen LogP contribution in [-0.2, 0) is 17.3 Å². The second kappa shape index (κ2) is 11.3. The lowest BCUT2D eigenvalue weighted by molar-refractivity contribution is 0.413. The van der Waals surface area contributed by atoms with E-state index in [1.807, 2.05) is 25.9 Å². The third-order valence-electron chi connectivity index (χ3n) is 4.21. The molecule has 25 heavy (non-hydrogen) atoms. The smallest absolute Gasteiger partial charge is 0.191 e. The molecule has 6 nitrogen and oxygen atoms in total. The molecular formula is C16H30IN5OS2. The van der Waals surface area contributed by atoms with Crippen LogP contribution in [0.5, 0.6) is 0 Å². The Kier molecular flexibility index (Phi) is 10.2. The van der Waals surface area contributed by atoms with Crippen molar-refractivity contribution in [2.24, 2.45) is 4.99 Å². The van der Waals surface area contributed by atoms with Gasteiger partial charge in [-0.15, -0.1) is 35.3 Å². The molecular weight excluding hydrogens is 469 g/mol. The fourth-order valence-corrected chi connectivity index (χ4v) is 5.00. The van der Waals surface area contributed by atoms with E-state index >= 15 is 0 Å². The van der Waals surface area contributed by atoms with Crippen molar-refractivity contribution in [2.75, 3.05) is 31.8 Å². The second-order valence-electron chi connectivity index (χ2n) is 6.24. The van der Waals surface area contributed by atoms with Crippen molar-refractivity contribution >= 4 is 57.2 Å². The molecule has 1 heterocycles. The van der Waals surface area contributed by atoms with E-state index in [1.165, 1.54) is 0 Å². The van der Waals surface area contributed by atoms with E-state index in [9.17, 15) is 4.21 Å². The molecule has 3 unspecified atom stereocenters. The van der Waals surface area contributed by atoms with E-state index in [-0.39, 0.29) is 24.0 Å². The Bertz CT molecular complexity index is 579. The van der Waals surface area contributed by atoms with Crippen LogP contribution in [0.15, 0.2) is 10.4 Å². The number of nitrogens with one attached hydrogen (secondary N) is 2. The summed E-state index contributed by atoms with van der Waals surface area (Å²) in [6.07, 6.45) is 4.28. The summed E-state index contributed by atoms with van der Waals surface area (Å²) < 4.78 is 12.1. The Morgan fingerprint density at radius 1 is 1.48 bits per heavy atom. The zero-order chi connectivity index (χ0) is 17.5. The molecule has 3 atom stereocenters. The first-order valence-electron chi connectivity index (χ1n) is 8.49. The number of aromatic nitrogens is 1. The van der Waals surface area contributed by atoms with E-state index < -0.39 is 10.8 Å². The summed E-state index contributed by atoms with van der Waals surface area (Å²) in [6, 6.07) is 0.346. The van der Waals surface area contributed by atoms with Gasteiger partial charge in [-0.25, -0.2) is 4.98 Å². The van der Waals surface area contributed by atoms with Crippen LogP contribution in [-0.4, -0.2) is 53.3 Å². The molecule has 2 N–H and O–H groups in total. The van der Waals surface area contributed by atoms with E-state index in [0.29, 0.717) is 17.8 Å². The molecule has 0 amide bonds. The zero-order valence-electron chi connectivity index (χ0n) is 15.4. The number of hydrogen-bond donors (Lipinski definition) is 2. The van der Waals surface area contributed by atoms with E-state index in [1.54, 1.807) is 18.4 Å². The summed E-state index contributed by atoms with van der Waals surface area (Å²) in [7, 11) is 5.08. The molecule has 0 spiro atoms. The van der Waals surface area contributed by atoms with Gasteiger partial charge in [-0.3, -0.25) is 9.20 Å². The quantitative estimate of drug-likeness (QED) is 0.358.